The fourth-order valence-electron chi connectivity index (χ4n) is 5.07. The van der Waals surface area contributed by atoms with Gasteiger partial charge in [-0.25, -0.2) is 13.0 Å². The van der Waals surface area contributed by atoms with Crippen molar-refractivity contribution in [3.8, 4) is 0 Å². The number of primary amides is 1. The minimum Gasteiger partial charge on any atom is -0.726 e. The fraction of sp³-hybridized carbons (Fsp3) is 0.594. The van der Waals surface area contributed by atoms with Crippen molar-refractivity contribution < 1.29 is 65.2 Å². The predicted molar refractivity (Wildman–Crippen MR) is 186 cm³/mol. The molecule has 0 spiro atoms. The van der Waals surface area contributed by atoms with Crippen molar-refractivity contribution in [1.82, 2.24) is 31.5 Å². The second-order valence-electron chi connectivity index (χ2n) is 12.8. The summed E-state index contributed by atoms with van der Waals surface area (Å²) in [6.45, 7) is 6.08. The maximum atomic E-state index is 13.6. The average Bonchev–Trinajstić information content (AvgIpc) is 3.58. The molecule has 5 atom stereocenters. The number of carbonyl (C=O) groups excluding carboxylic acids is 7. The number of nitrogens with zero attached hydrogens (tertiary/aromatic N) is 2. The molecule has 1 aliphatic rings. The van der Waals surface area contributed by atoms with Gasteiger partial charge in [-0.15, -0.1) is 0 Å². The van der Waals surface area contributed by atoms with Crippen molar-refractivity contribution in [2.75, 3.05) is 20.2 Å². The van der Waals surface area contributed by atoms with E-state index in [9.17, 15) is 51.3 Å². The molecule has 7 amide bonds. The molecule has 1 aliphatic heterocycles. The van der Waals surface area contributed by atoms with E-state index in [1.807, 2.05) is 13.8 Å². The van der Waals surface area contributed by atoms with Crippen LogP contribution in [0.3, 0.4) is 0 Å². The van der Waals surface area contributed by atoms with E-state index in [4.69, 9.17) is 10.8 Å². The van der Waals surface area contributed by atoms with Crippen LogP contribution in [0.15, 0.2) is 24.5 Å². The topological polar surface area (TPSA) is 317 Å². The van der Waals surface area contributed by atoms with Gasteiger partial charge in [0.05, 0.1) is 7.11 Å². The summed E-state index contributed by atoms with van der Waals surface area (Å²) in [5.74, 6) is -5.95. The van der Waals surface area contributed by atoms with Crippen LogP contribution >= 0.6 is 0 Å². The number of hydrogen-bond acceptors (Lipinski definition) is 12. The molecular formula is C32H50N8O13S. The van der Waals surface area contributed by atoms with Crippen molar-refractivity contribution in [3.63, 3.8) is 0 Å². The van der Waals surface area contributed by atoms with E-state index in [0.29, 0.717) is 18.4 Å². The first-order valence-corrected chi connectivity index (χ1v) is 18.2. The molecule has 1 aromatic rings. The molecule has 0 radical (unpaired) electrons. The van der Waals surface area contributed by atoms with Crippen molar-refractivity contribution in [2.24, 2.45) is 18.7 Å². The van der Waals surface area contributed by atoms with Gasteiger partial charge in [-0.2, -0.15) is 0 Å². The third kappa shape index (κ3) is 17.1. The van der Waals surface area contributed by atoms with Crippen molar-refractivity contribution in [2.45, 2.75) is 90.0 Å². The number of pyridine rings is 1. The highest BCUT2D eigenvalue weighted by molar-refractivity contribution is 7.80. The first kappa shape index (κ1) is 46.8. The van der Waals surface area contributed by atoms with Gasteiger partial charge in [-0.05, 0) is 51.5 Å². The van der Waals surface area contributed by atoms with Crippen LogP contribution in [0.4, 0.5) is 0 Å². The number of carbonyl (C=O) groups is 8. The molecule has 0 bridgehead atoms. The lowest BCUT2D eigenvalue weighted by Crippen LogP contribution is -2.58. The molecule has 0 aromatic carbocycles. The zero-order chi connectivity index (χ0) is 41.3. The number of nitrogens with one attached hydrogen (secondary N) is 5. The number of aryl methyl sites for hydroxylation is 1. The Morgan fingerprint density at radius 3 is 2.09 bits per heavy atom. The van der Waals surface area contributed by atoms with Gasteiger partial charge in [0, 0.05) is 19.0 Å². The number of amides is 7. The molecule has 1 fully saturated rings. The maximum Gasteiger partial charge on any atom is 0.322 e. The largest absolute Gasteiger partial charge is 0.726 e. The number of likely N-dealkylation sites (tertiary alicyclic amines) is 1. The molecule has 2 rings (SSSR count). The summed E-state index contributed by atoms with van der Waals surface area (Å²) in [4.78, 5) is 102. The number of carboxylic acid groups (broad SMARTS) is 1. The van der Waals surface area contributed by atoms with Gasteiger partial charge in [-0.1, -0.05) is 13.8 Å². The smallest absolute Gasteiger partial charge is 0.322 e. The summed E-state index contributed by atoms with van der Waals surface area (Å²) in [5, 5.41) is 21.4. The van der Waals surface area contributed by atoms with Crippen LogP contribution in [0.5, 0.6) is 0 Å². The summed E-state index contributed by atoms with van der Waals surface area (Å²) in [6.07, 6.45) is 3.82. The SMILES string of the molecule is CC(C)C[C@H](NC(=O)[C@H](CCC(N)=O)NC(=O)[C@H](C)NC(=O)[C@H](C)NC(=O)c1ccc[n+](C)c1)C(=O)N1CCC[C@H]1C(=O)NCC(=O)O.COS(=O)(=O)[O-]. The standard InChI is InChI=1S/C31H46N8O9.CH4O4S/c1-17(2)14-22(31(48)39-13-7-9-23(39)30(47)33-15-25(41)42)37-29(46)21(10-11-24(32)40)36-27(44)19(4)34-26(43)18(3)35-28(45)20-8-6-12-38(5)16-20;1-5-6(2,3)4/h6,8,12,16-19,21-23H,7,9-11,13-15H2,1-5H3,(H7-,32,33,34,35,36,37,40,41,42,43,44,45,46,47);1H3,(H,2,3,4)/t18-,19-,21-,22-,23-;/m0./s1. The minimum atomic E-state index is -4.41. The second-order valence-corrected chi connectivity index (χ2v) is 14.0. The van der Waals surface area contributed by atoms with Gasteiger partial charge in [0.25, 0.3) is 5.91 Å². The lowest BCUT2D eigenvalue weighted by Gasteiger charge is -2.30. The predicted octanol–water partition coefficient (Wildman–Crippen LogP) is -3.30. The zero-order valence-electron chi connectivity index (χ0n) is 30.9. The van der Waals surface area contributed by atoms with Crippen LogP contribution in [-0.2, 0) is 55.2 Å². The molecule has 1 aromatic heterocycles. The Hall–Kier alpha value is -5.22. The molecule has 302 valence electrons. The highest BCUT2D eigenvalue weighted by Gasteiger charge is 2.39. The van der Waals surface area contributed by atoms with E-state index < -0.39 is 94.5 Å². The highest BCUT2D eigenvalue weighted by atomic mass is 32.3. The molecule has 22 heteroatoms. The Labute approximate surface area is 313 Å². The number of carboxylic acids is 1. The van der Waals surface area contributed by atoms with Crippen LogP contribution < -0.4 is 36.9 Å². The van der Waals surface area contributed by atoms with Gasteiger partial charge in [0.15, 0.2) is 12.4 Å². The highest BCUT2D eigenvalue weighted by Crippen LogP contribution is 2.20. The zero-order valence-corrected chi connectivity index (χ0v) is 31.8. The lowest BCUT2D eigenvalue weighted by atomic mass is 10.0. The molecule has 0 unspecified atom stereocenters. The minimum absolute atomic E-state index is 0.0813. The quantitative estimate of drug-likeness (QED) is 0.0436. The van der Waals surface area contributed by atoms with Crippen molar-refractivity contribution in [1.29, 1.82) is 0 Å². The molecule has 54 heavy (non-hydrogen) atoms. The van der Waals surface area contributed by atoms with Gasteiger partial charge in [0.2, 0.25) is 45.8 Å². The third-order valence-corrected chi connectivity index (χ3v) is 8.19. The number of nitrogens with two attached hydrogens (primary N) is 1. The number of hydrogen-bond donors (Lipinski definition) is 7. The molecule has 2 heterocycles. The van der Waals surface area contributed by atoms with Gasteiger partial charge in [-0.3, -0.25) is 42.5 Å². The third-order valence-electron chi connectivity index (χ3n) is 7.79. The summed E-state index contributed by atoms with van der Waals surface area (Å²) in [6, 6.07) is -2.28. The van der Waals surface area contributed by atoms with Crippen LogP contribution in [0.25, 0.3) is 0 Å². The first-order chi connectivity index (χ1) is 25.1. The Bertz CT molecular complexity index is 1640. The van der Waals surface area contributed by atoms with Crippen LogP contribution in [0.1, 0.15) is 70.2 Å². The summed E-state index contributed by atoms with van der Waals surface area (Å²) in [5.41, 5.74) is 5.62. The van der Waals surface area contributed by atoms with Crippen LogP contribution in [0, 0.1) is 5.92 Å². The van der Waals surface area contributed by atoms with Crippen molar-refractivity contribution >= 4 is 57.7 Å². The van der Waals surface area contributed by atoms with E-state index in [2.05, 4.69) is 30.8 Å². The summed E-state index contributed by atoms with van der Waals surface area (Å²) >= 11 is 0. The molecule has 8 N–H and O–H groups in total. The van der Waals surface area contributed by atoms with Gasteiger partial charge in [0.1, 0.15) is 49.4 Å². The van der Waals surface area contributed by atoms with E-state index in [1.165, 1.54) is 18.7 Å². The molecular weight excluding hydrogens is 736 g/mol. The molecule has 0 aliphatic carbocycles. The van der Waals surface area contributed by atoms with Crippen molar-refractivity contribution in [3.05, 3.63) is 30.1 Å². The normalized spacial score (nSPS) is 16.0. The monoisotopic (exact) mass is 786 g/mol. The molecule has 0 saturated carbocycles. The second kappa shape index (κ2) is 22.1. The van der Waals surface area contributed by atoms with Crippen LogP contribution in [0.2, 0.25) is 0 Å². The number of aromatic nitrogens is 1. The van der Waals surface area contributed by atoms with E-state index >= 15 is 0 Å². The average molecular weight is 787 g/mol. The van der Waals surface area contributed by atoms with Gasteiger partial charge >= 0.3 is 5.97 Å². The Kier molecular flexibility index (Phi) is 19.2. The fourth-order valence-corrected chi connectivity index (χ4v) is 5.07. The Balaban J connectivity index is 0.00000223. The van der Waals surface area contributed by atoms with Crippen LogP contribution in [-0.4, -0.2) is 121 Å². The summed E-state index contributed by atoms with van der Waals surface area (Å²) < 4.78 is 32.7. The Morgan fingerprint density at radius 2 is 1.56 bits per heavy atom. The maximum absolute atomic E-state index is 13.6. The van der Waals surface area contributed by atoms with E-state index in [1.54, 1.807) is 36.1 Å². The first-order valence-electron chi connectivity index (χ1n) is 16.8. The van der Waals surface area contributed by atoms with E-state index in [0.717, 1.165) is 7.11 Å². The molecule has 1 saturated heterocycles. The van der Waals surface area contributed by atoms with E-state index in [-0.39, 0.29) is 31.7 Å². The van der Waals surface area contributed by atoms with Gasteiger partial charge < -0.3 is 46.9 Å². The lowest BCUT2D eigenvalue weighted by molar-refractivity contribution is -0.671. The number of rotatable bonds is 18. The number of aliphatic carboxylic acids is 1. The molecule has 21 nitrogen and oxygen atoms in total. The summed E-state index contributed by atoms with van der Waals surface area (Å²) in [7, 11) is -1.87. The Morgan fingerprint density at radius 1 is 0.981 bits per heavy atom.